The molecule has 0 radical (unpaired) electrons. The minimum Gasteiger partial charge on any atom is -0.324 e. The minimum atomic E-state index is 0.240. The van der Waals surface area contributed by atoms with Crippen molar-refractivity contribution < 1.29 is 0 Å². The van der Waals surface area contributed by atoms with E-state index in [0.29, 0.717) is 6.04 Å². The second kappa shape index (κ2) is 1.74. The lowest BCUT2D eigenvalue weighted by molar-refractivity contribution is 0.243. The Bertz CT molecular complexity index is 155. The Balaban J connectivity index is 1.97. The van der Waals surface area contributed by atoms with Gasteiger partial charge in [0.25, 0.3) is 0 Å². The molecular weight excluding hydrogens is 124 g/mol. The zero-order valence-corrected chi connectivity index (χ0v) is 6.80. The molecular formula is C8H16N2. The molecule has 1 heterocycles. The predicted molar refractivity (Wildman–Crippen MR) is 41.7 cm³/mol. The van der Waals surface area contributed by atoms with Gasteiger partial charge in [0.05, 0.1) is 0 Å². The highest BCUT2D eigenvalue weighted by atomic mass is 15.2. The van der Waals surface area contributed by atoms with Crippen molar-refractivity contribution in [2.24, 2.45) is 11.7 Å². The molecule has 0 aromatic heterocycles. The molecule has 2 aliphatic rings. The summed E-state index contributed by atoms with van der Waals surface area (Å²) in [5.41, 5.74) is 6.28. The molecule has 0 amide bonds. The molecule has 10 heavy (non-hydrogen) atoms. The molecule has 0 bridgehead atoms. The van der Waals surface area contributed by atoms with Crippen LogP contribution in [0.5, 0.6) is 0 Å². The van der Waals surface area contributed by atoms with E-state index in [1.165, 1.54) is 13.0 Å². The normalized spacial score (nSPS) is 46.2. The summed E-state index contributed by atoms with van der Waals surface area (Å²) in [5, 5.41) is 0. The van der Waals surface area contributed by atoms with Gasteiger partial charge >= 0.3 is 0 Å². The van der Waals surface area contributed by atoms with Crippen LogP contribution in [-0.2, 0) is 0 Å². The third-order valence-electron chi connectivity index (χ3n) is 2.96. The van der Waals surface area contributed by atoms with Gasteiger partial charge in [-0.2, -0.15) is 0 Å². The Kier molecular flexibility index (Phi) is 1.15. The maximum absolute atomic E-state index is 6.04. The topological polar surface area (TPSA) is 29.3 Å². The molecule has 1 aliphatic heterocycles. The Morgan fingerprint density at radius 3 is 2.60 bits per heavy atom. The summed E-state index contributed by atoms with van der Waals surface area (Å²) in [6, 6.07) is 0.688. The Labute approximate surface area is 62.4 Å². The highest BCUT2D eigenvalue weighted by molar-refractivity contribution is 5.15. The van der Waals surface area contributed by atoms with Gasteiger partial charge in [0.1, 0.15) is 0 Å². The van der Waals surface area contributed by atoms with E-state index in [9.17, 15) is 0 Å². The van der Waals surface area contributed by atoms with E-state index < -0.39 is 0 Å². The Morgan fingerprint density at radius 1 is 1.60 bits per heavy atom. The molecule has 2 nitrogen and oxygen atoms in total. The van der Waals surface area contributed by atoms with Gasteiger partial charge in [-0.05, 0) is 26.2 Å². The van der Waals surface area contributed by atoms with Crippen molar-refractivity contribution in [1.29, 1.82) is 0 Å². The molecule has 2 rings (SSSR count). The molecule has 2 atom stereocenters. The van der Waals surface area contributed by atoms with Crippen LogP contribution in [0.3, 0.4) is 0 Å². The summed E-state index contributed by atoms with van der Waals surface area (Å²) in [5.74, 6) is 0.829. The van der Waals surface area contributed by atoms with Crippen LogP contribution in [0.1, 0.15) is 20.3 Å². The van der Waals surface area contributed by atoms with E-state index in [1.54, 1.807) is 0 Å². The van der Waals surface area contributed by atoms with E-state index in [2.05, 4.69) is 18.7 Å². The zero-order valence-electron chi connectivity index (χ0n) is 6.80. The number of nitrogens with two attached hydrogens (primary N) is 1. The average Bonchev–Trinajstić information content (AvgIpc) is 2.32. The summed E-state index contributed by atoms with van der Waals surface area (Å²) in [7, 11) is 0. The van der Waals surface area contributed by atoms with Crippen LogP contribution in [-0.4, -0.2) is 29.6 Å². The molecule has 2 heteroatoms. The van der Waals surface area contributed by atoms with Gasteiger partial charge in [0.2, 0.25) is 0 Å². The SMILES string of the molecule is CC(C)N1CC2C[C@]2(N)C1. The maximum atomic E-state index is 6.04. The van der Waals surface area contributed by atoms with E-state index in [-0.39, 0.29) is 5.54 Å². The fourth-order valence-electron chi connectivity index (χ4n) is 1.96. The van der Waals surface area contributed by atoms with Crippen molar-refractivity contribution in [2.75, 3.05) is 13.1 Å². The van der Waals surface area contributed by atoms with E-state index in [1.807, 2.05) is 0 Å². The third kappa shape index (κ3) is 0.789. The first-order valence-corrected chi connectivity index (χ1v) is 4.15. The van der Waals surface area contributed by atoms with Gasteiger partial charge in [-0.25, -0.2) is 0 Å². The largest absolute Gasteiger partial charge is 0.324 e. The van der Waals surface area contributed by atoms with Gasteiger partial charge in [0, 0.05) is 24.7 Å². The van der Waals surface area contributed by atoms with E-state index >= 15 is 0 Å². The summed E-state index contributed by atoms with van der Waals surface area (Å²) in [6.45, 7) is 6.87. The second-order valence-corrected chi connectivity index (χ2v) is 4.16. The Hall–Kier alpha value is -0.0800. The van der Waals surface area contributed by atoms with Crippen molar-refractivity contribution >= 4 is 0 Å². The average molecular weight is 140 g/mol. The van der Waals surface area contributed by atoms with E-state index in [0.717, 1.165) is 12.5 Å². The van der Waals surface area contributed by atoms with Crippen LogP contribution in [0.15, 0.2) is 0 Å². The predicted octanol–water partition coefficient (Wildman–Crippen LogP) is 0.428. The van der Waals surface area contributed by atoms with E-state index in [4.69, 9.17) is 5.73 Å². The van der Waals surface area contributed by atoms with Crippen molar-refractivity contribution in [3.63, 3.8) is 0 Å². The molecule has 2 fully saturated rings. The first kappa shape index (κ1) is 6.62. The van der Waals surface area contributed by atoms with Gasteiger partial charge < -0.3 is 5.73 Å². The van der Waals surface area contributed by atoms with Crippen molar-refractivity contribution in [3.8, 4) is 0 Å². The number of fused-ring (bicyclic) bond motifs is 1. The van der Waals surface area contributed by atoms with Crippen LogP contribution >= 0.6 is 0 Å². The monoisotopic (exact) mass is 140 g/mol. The van der Waals surface area contributed by atoms with Crippen LogP contribution in [0.2, 0.25) is 0 Å². The van der Waals surface area contributed by atoms with Crippen LogP contribution in [0, 0.1) is 5.92 Å². The summed E-state index contributed by atoms with van der Waals surface area (Å²) in [6.07, 6.45) is 1.27. The molecule has 2 N–H and O–H groups in total. The summed E-state index contributed by atoms with van der Waals surface area (Å²) < 4.78 is 0. The standard InChI is InChI=1S/C8H16N2/c1-6(2)10-4-7-3-8(7,9)5-10/h6-7H,3-5,9H2,1-2H3/t7?,8-/m0/s1. The number of likely N-dealkylation sites (tertiary alicyclic amines) is 1. The first-order valence-electron chi connectivity index (χ1n) is 4.15. The third-order valence-corrected chi connectivity index (χ3v) is 2.96. The first-order chi connectivity index (χ1) is 4.62. The quantitative estimate of drug-likeness (QED) is 0.572. The molecule has 1 unspecified atom stereocenters. The number of nitrogens with zero attached hydrogens (tertiary/aromatic N) is 1. The van der Waals surface area contributed by atoms with Gasteiger partial charge in [-0.3, -0.25) is 4.90 Å². The highest BCUT2D eigenvalue weighted by Gasteiger charge is 2.57. The number of piperidine rings is 1. The van der Waals surface area contributed by atoms with Gasteiger partial charge in [0.15, 0.2) is 0 Å². The van der Waals surface area contributed by atoms with Crippen LogP contribution in [0.4, 0.5) is 0 Å². The molecule has 0 spiro atoms. The molecule has 0 aromatic rings. The van der Waals surface area contributed by atoms with Gasteiger partial charge in [-0.15, -0.1) is 0 Å². The number of hydrogen-bond acceptors (Lipinski definition) is 2. The van der Waals surface area contributed by atoms with Crippen molar-refractivity contribution in [3.05, 3.63) is 0 Å². The second-order valence-electron chi connectivity index (χ2n) is 4.16. The zero-order chi connectivity index (χ0) is 7.35. The van der Waals surface area contributed by atoms with Crippen LogP contribution < -0.4 is 5.73 Å². The molecule has 58 valence electrons. The van der Waals surface area contributed by atoms with Crippen LogP contribution in [0.25, 0.3) is 0 Å². The molecule has 1 saturated carbocycles. The molecule has 1 aliphatic carbocycles. The fourth-order valence-corrected chi connectivity index (χ4v) is 1.96. The lowest BCUT2D eigenvalue weighted by atomic mass is 10.3. The lowest BCUT2D eigenvalue weighted by Crippen LogP contribution is -2.36. The fraction of sp³-hybridized carbons (Fsp3) is 1.00. The maximum Gasteiger partial charge on any atom is 0.0328 e. The number of hydrogen-bond donors (Lipinski definition) is 1. The lowest BCUT2D eigenvalue weighted by Gasteiger charge is -2.22. The Morgan fingerprint density at radius 2 is 2.30 bits per heavy atom. The molecule has 0 aromatic carbocycles. The summed E-state index contributed by atoms with van der Waals surface area (Å²) >= 11 is 0. The highest BCUT2D eigenvalue weighted by Crippen LogP contribution is 2.47. The van der Waals surface area contributed by atoms with Crippen molar-refractivity contribution in [1.82, 2.24) is 4.90 Å². The smallest absolute Gasteiger partial charge is 0.0328 e. The van der Waals surface area contributed by atoms with Crippen molar-refractivity contribution in [2.45, 2.75) is 31.8 Å². The van der Waals surface area contributed by atoms with Gasteiger partial charge in [-0.1, -0.05) is 0 Å². The summed E-state index contributed by atoms with van der Waals surface area (Å²) in [4.78, 5) is 2.48. The minimum absolute atomic E-state index is 0.240. The number of rotatable bonds is 1. The molecule has 1 saturated heterocycles.